The first kappa shape index (κ1) is 14.5. The van der Waals surface area contributed by atoms with Crippen LogP contribution >= 0.6 is 15.9 Å². The second-order valence-corrected chi connectivity index (χ2v) is 5.42. The fourth-order valence-electron chi connectivity index (χ4n) is 1.76. The summed E-state index contributed by atoms with van der Waals surface area (Å²) in [6, 6.07) is 6.57. The van der Waals surface area contributed by atoms with Gasteiger partial charge in [0.15, 0.2) is 0 Å². The van der Waals surface area contributed by atoms with Gasteiger partial charge in [-0.2, -0.15) is 0 Å². The van der Waals surface area contributed by atoms with Gasteiger partial charge in [0.1, 0.15) is 5.75 Å². The lowest BCUT2D eigenvalue weighted by atomic mass is 10.2. The molecule has 3 nitrogen and oxygen atoms in total. The summed E-state index contributed by atoms with van der Waals surface area (Å²) in [4.78, 5) is 2.18. The summed E-state index contributed by atoms with van der Waals surface area (Å²) < 4.78 is 6.40. The molecule has 0 radical (unpaired) electrons. The van der Waals surface area contributed by atoms with E-state index in [0.717, 1.165) is 23.3 Å². The fraction of sp³-hybridized carbons (Fsp3) is 0.538. The van der Waals surface area contributed by atoms with Crippen molar-refractivity contribution < 1.29 is 4.74 Å². The molecule has 1 rings (SSSR count). The van der Waals surface area contributed by atoms with Crippen molar-refractivity contribution in [2.24, 2.45) is 0 Å². The fourth-order valence-corrected chi connectivity index (χ4v) is 2.10. The quantitative estimate of drug-likeness (QED) is 0.874. The van der Waals surface area contributed by atoms with Crippen LogP contribution in [0.25, 0.3) is 0 Å². The number of rotatable bonds is 6. The zero-order valence-electron chi connectivity index (χ0n) is 11.0. The summed E-state index contributed by atoms with van der Waals surface area (Å²) in [6.45, 7) is 4.04. The molecule has 0 heterocycles. The zero-order chi connectivity index (χ0) is 12.8. The Morgan fingerprint density at radius 1 is 1.41 bits per heavy atom. The SMILES string of the molecule is COc1cc(Br)ccc1CNC(C)CN(C)C. The van der Waals surface area contributed by atoms with Crippen molar-refractivity contribution in [3.63, 3.8) is 0 Å². The third-order valence-electron chi connectivity index (χ3n) is 2.53. The average Bonchev–Trinajstić information content (AvgIpc) is 2.26. The number of hydrogen-bond donors (Lipinski definition) is 1. The molecule has 0 spiro atoms. The molecule has 0 aliphatic carbocycles. The van der Waals surface area contributed by atoms with Crippen LogP contribution in [0, 0.1) is 0 Å². The maximum Gasteiger partial charge on any atom is 0.124 e. The lowest BCUT2D eigenvalue weighted by Gasteiger charge is -2.19. The van der Waals surface area contributed by atoms with Gasteiger partial charge in [0.25, 0.3) is 0 Å². The third-order valence-corrected chi connectivity index (χ3v) is 3.02. The Balaban J connectivity index is 2.56. The van der Waals surface area contributed by atoms with Gasteiger partial charge in [0.2, 0.25) is 0 Å². The molecule has 0 aliphatic rings. The van der Waals surface area contributed by atoms with Crippen molar-refractivity contribution in [2.45, 2.75) is 19.5 Å². The van der Waals surface area contributed by atoms with Crippen molar-refractivity contribution in [1.29, 1.82) is 0 Å². The van der Waals surface area contributed by atoms with E-state index < -0.39 is 0 Å². The van der Waals surface area contributed by atoms with Crippen LogP contribution in [-0.4, -0.2) is 38.7 Å². The molecule has 0 aromatic heterocycles. The molecule has 0 fully saturated rings. The minimum Gasteiger partial charge on any atom is -0.496 e. The summed E-state index contributed by atoms with van der Waals surface area (Å²) in [5, 5.41) is 3.49. The first-order valence-electron chi connectivity index (χ1n) is 5.73. The highest BCUT2D eigenvalue weighted by Gasteiger charge is 2.06. The molecule has 17 heavy (non-hydrogen) atoms. The van der Waals surface area contributed by atoms with Gasteiger partial charge in [-0.15, -0.1) is 0 Å². The van der Waals surface area contributed by atoms with E-state index >= 15 is 0 Å². The Hall–Kier alpha value is -0.580. The van der Waals surface area contributed by atoms with Crippen LogP contribution < -0.4 is 10.1 Å². The molecule has 0 amide bonds. The van der Waals surface area contributed by atoms with Gasteiger partial charge in [-0.25, -0.2) is 0 Å². The van der Waals surface area contributed by atoms with Gasteiger partial charge in [-0.05, 0) is 33.2 Å². The smallest absolute Gasteiger partial charge is 0.124 e. The van der Waals surface area contributed by atoms with Crippen molar-refractivity contribution in [3.8, 4) is 5.75 Å². The summed E-state index contributed by atoms with van der Waals surface area (Å²) in [5.74, 6) is 0.920. The van der Waals surface area contributed by atoms with E-state index in [1.165, 1.54) is 5.56 Å². The highest BCUT2D eigenvalue weighted by molar-refractivity contribution is 9.10. The maximum absolute atomic E-state index is 5.36. The molecular formula is C13H21BrN2O. The first-order chi connectivity index (χ1) is 8.02. The highest BCUT2D eigenvalue weighted by Crippen LogP contribution is 2.23. The van der Waals surface area contributed by atoms with Gasteiger partial charge in [0, 0.05) is 29.2 Å². The Bertz CT molecular complexity index is 355. The molecule has 1 unspecified atom stereocenters. The molecule has 96 valence electrons. The van der Waals surface area contributed by atoms with Crippen LogP contribution in [0.15, 0.2) is 22.7 Å². The average molecular weight is 301 g/mol. The van der Waals surface area contributed by atoms with Crippen molar-refractivity contribution >= 4 is 15.9 Å². The van der Waals surface area contributed by atoms with Crippen LogP contribution in [0.2, 0.25) is 0 Å². The monoisotopic (exact) mass is 300 g/mol. The maximum atomic E-state index is 5.36. The van der Waals surface area contributed by atoms with Gasteiger partial charge in [-0.3, -0.25) is 0 Å². The number of nitrogens with zero attached hydrogens (tertiary/aromatic N) is 1. The van der Waals surface area contributed by atoms with E-state index in [1.54, 1.807) is 7.11 Å². The van der Waals surface area contributed by atoms with Crippen molar-refractivity contribution in [2.75, 3.05) is 27.7 Å². The lowest BCUT2D eigenvalue weighted by molar-refractivity contribution is 0.346. The van der Waals surface area contributed by atoms with E-state index in [1.807, 2.05) is 12.1 Å². The molecule has 1 atom stereocenters. The second kappa shape index (κ2) is 6.99. The minimum absolute atomic E-state index is 0.457. The number of halogens is 1. The van der Waals surface area contributed by atoms with Crippen LogP contribution in [0.5, 0.6) is 5.75 Å². The summed E-state index contributed by atoms with van der Waals surface area (Å²) in [5.41, 5.74) is 1.18. The topological polar surface area (TPSA) is 24.5 Å². The standard InChI is InChI=1S/C13H21BrN2O/c1-10(9-16(2)3)15-8-11-5-6-12(14)7-13(11)17-4/h5-7,10,15H,8-9H2,1-4H3. The lowest BCUT2D eigenvalue weighted by Crippen LogP contribution is -2.35. The molecular weight excluding hydrogens is 280 g/mol. The first-order valence-corrected chi connectivity index (χ1v) is 6.52. The molecule has 1 aromatic rings. The number of likely N-dealkylation sites (N-methyl/N-ethyl adjacent to an activating group) is 1. The number of nitrogens with one attached hydrogen (secondary N) is 1. The van der Waals surface area contributed by atoms with Crippen LogP contribution in [0.4, 0.5) is 0 Å². The number of benzene rings is 1. The molecule has 0 saturated heterocycles. The molecule has 1 N–H and O–H groups in total. The molecule has 1 aromatic carbocycles. The largest absolute Gasteiger partial charge is 0.496 e. The summed E-state index contributed by atoms with van der Waals surface area (Å²) >= 11 is 3.44. The number of ether oxygens (including phenoxy) is 1. The Kier molecular flexibility index (Phi) is 5.95. The third kappa shape index (κ3) is 5.06. The Morgan fingerprint density at radius 2 is 2.12 bits per heavy atom. The second-order valence-electron chi connectivity index (χ2n) is 4.50. The predicted octanol–water partition coefficient (Wildman–Crippen LogP) is 2.50. The zero-order valence-corrected chi connectivity index (χ0v) is 12.5. The summed E-state index contributed by atoms with van der Waals surface area (Å²) in [7, 11) is 5.87. The van der Waals surface area contributed by atoms with E-state index in [0.29, 0.717) is 6.04 Å². The van der Waals surface area contributed by atoms with E-state index in [4.69, 9.17) is 4.74 Å². The summed E-state index contributed by atoms with van der Waals surface area (Å²) in [6.07, 6.45) is 0. The van der Waals surface area contributed by atoms with Gasteiger partial charge in [0.05, 0.1) is 7.11 Å². The predicted molar refractivity (Wildman–Crippen MR) is 75.5 cm³/mol. The van der Waals surface area contributed by atoms with Crippen LogP contribution in [-0.2, 0) is 6.54 Å². The van der Waals surface area contributed by atoms with E-state index in [-0.39, 0.29) is 0 Å². The Labute approximate surface area is 112 Å². The Morgan fingerprint density at radius 3 is 2.71 bits per heavy atom. The number of hydrogen-bond acceptors (Lipinski definition) is 3. The van der Waals surface area contributed by atoms with Gasteiger partial charge >= 0.3 is 0 Å². The van der Waals surface area contributed by atoms with E-state index in [9.17, 15) is 0 Å². The highest BCUT2D eigenvalue weighted by atomic mass is 79.9. The molecule has 0 saturated carbocycles. The van der Waals surface area contributed by atoms with Crippen LogP contribution in [0.1, 0.15) is 12.5 Å². The molecule has 4 heteroatoms. The van der Waals surface area contributed by atoms with Crippen molar-refractivity contribution in [1.82, 2.24) is 10.2 Å². The van der Waals surface area contributed by atoms with Gasteiger partial charge in [-0.1, -0.05) is 22.0 Å². The van der Waals surface area contributed by atoms with Gasteiger partial charge < -0.3 is 15.0 Å². The van der Waals surface area contributed by atoms with Crippen LogP contribution in [0.3, 0.4) is 0 Å². The molecule has 0 bridgehead atoms. The minimum atomic E-state index is 0.457. The van der Waals surface area contributed by atoms with E-state index in [2.05, 4.69) is 53.2 Å². The normalized spacial score (nSPS) is 12.8. The van der Waals surface area contributed by atoms with Crippen molar-refractivity contribution in [3.05, 3.63) is 28.2 Å². The number of methoxy groups -OCH3 is 1. The molecule has 0 aliphatic heterocycles.